The van der Waals surface area contributed by atoms with Gasteiger partial charge in [0.2, 0.25) is 15.9 Å². The van der Waals surface area contributed by atoms with E-state index in [0.717, 1.165) is 5.56 Å². The number of carbonyl (C=O) groups is 2. The highest BCUT2D eigenvalue weighted by Crippen LogP contribution is 2.28. The second-order valence-electron chi connectivity index (χ2n) is 6.39. The molecule has 1 amide bonds. The van der Waals surface area contributed by atoms with Gasteiger partial charge in [0.05, 0.1) is 20.0 Å². The molecule has 2 aromatic carbocycles. The standard InChI is InChI=1S/C20H24N2O6S/c1-27-18-9-7-16(11-19(18)28-2)17(23)8-10-20(24)22-12-14-3-5-15(6-4-14)13-29(21,25)26/h3-7,9,11H,8,10,12-13H2,1-2H3,(H,22,24)(H2,21,25,26). The van der Waals surface area contributed by atoms with Crippen LogP contribution in [0.4, 0.5) is 0 Å². The third kappa shape index (κ3) is 7.20. The van der Waals surface area contributed by atoms with E-state index in [9.17, 15) is 18.0 Å². The molecule has 0 aliphatic rings. The minimum Gasteiger partial charge on any atom is -0.493 e. The first kappa shape index (κ1) is 22.4. The summed E-state index contributed by atoms with van der Waals surface area (Å²) < 4.78 is 32.5. The zero-order valence-electron chi connectivity index (χ0n) is 16.3. The van der Waals surface area contributed by atoms with E-state index >= 15 is 0 Å². The second-order valence-corrected chi connectivity index (χ2v) is 8.01. The number of Topliss-reactive ketones (excluding diaryl/α,β-unsaturated/α-hetero) is 1. The van der Waals surface area contributed by atoms with Crippen LogP contribution in [0.25, 0.3) is 0 Å². The third-order valence-corrected chi connectivity index (χ3v) is 4.90. The highest BCUT2D eigenvalue weighted by molar-refractivity contribution is 7.88. The molecule has 0 spiro atoms. The van der Waals surface area contributed by atoms with Crippen LogP contribution in [0.15, 0.2) is 42.5 Å². The normalized spacial score (nSPS) is 11.0. The minimum absolute atomic E-state index is 0.0523. The Hall–Kier alpha value is -2.91. The lowest BCUT2D eigenvalue weighted by Gasteiger charge is -2.09. The zero-order valence-corrected chi connectivity index (χ0v) is 17.1. The molecule has 0 saturated carbocycles. The Morgan fingerprint density at radius 2 is 1.55 bits per heavy atom. The summed E-state index contributed by atoms with van der Waals surface area (Å²) in [4.78, 5) is 24.3. The molecule has 0 unspecified atom stereocenters. The number of rotatable bonds is 10. The molecule has 0 aromatic heterocycles. The fourth-order valence-electron chi connectivity index (χ4n) is 2.66. The molecule has 0 saturated heterocycles. The molecule has 0 radical (unpaired) electrons. The van der Waals surface area contributed by atoms with Crippen molar-refractivity contribution >= 4 is 21.7 Å². The highest BCUT2D eigenvalue weighted by Gasteiger charge is 2.13. The zero-order chi connectivity index (χ0) is 21.4. The van der Waals surface area contributed by atoms with Crippen LogP contribution in [0.2, 0.25) is 0 Å². The van der Waals surface area contributed by atoms with Gasteiger partial charge >= 0.3 is 0 Å². The number of primary sulfonamides is 1. The lowest BCUT2D eigenvalue weighted by atomic mass is 10.1. The topological polar surface area (TPSA) is 125 Å². The van der Waals surface area contributed by atoms with Gasteiger partial charge in [-0.25, -0.2) is 13.6 Å². The van der Waals surface area contributed by atoms with Crippen molar-refractivity contribution in [2.24, 2.45) is 5.14 Å². The lowest BCUT2D eigenvalue weighted by Crippen LogP contribution is -2.23. The van der Waals surface area contributed by atoms with E-state index in [1.54, 1.807) is 42.5 Å². The lowest BCUT2D eigenvalue weighted by molar-refractivity contribution is -0.121. The van der Waals surface area contributed by atoms with Crippen molar-refractivity contribution in [1.82, 2.24) is 5.32 Å². The maximum atomic E-state index is 12.3. The Bertz CT molecular complexity index is 971. The van der Waals surface area contributed by atoms with Gasteiger partial charge in [0.25, 0.3) is 0 Å². The summed E-state index contributed by atoms with van der Waals surface area (Å²) in [5.74, 6) is 0.309. The molecule has 9 heteroatoms. The Morgan fingerprint density at radius 1 is 0.931 bits per heavy atom. The largest absolute Gasteiger partial charge is 0.493 e. The van der Waals surface area contributed by atoms with E-state index in [2.05, 4.69) is 5.32 Å². The van der Waals surface area contributed by atoms with Crippen molar-refractivity contribution in [2.45, 2.75) is 25.1 Å². The Balaban J connectivity index is 1.83. The molecular formula is C20H24N2O6S. The first-order valence-electron chi connectivity index (χ1n) is 8.82. The van der Waals surface area contributed by atoms with E-state index in [0.29, 0.717) is 22.6 Å². The van der Waals surface area contributed by atoms with Gasteiger partial charge in [0, 0.05) is 24.9 Å². The van der Waals surface area contributed by atoms with Crippen LogP contribution in [0.1, 0.15) is 34.3 Å². The molecule has 0 aliphatic heterocycles. The van der Waals surface area contributed by atoms with Gasteiger partial charge < -0.3 is 14.8 Å². The van der Waals surface area contributed by atoms with Gasteiger partial charge in [0.1, 0.15) is 0 Å². The van der Waals surface area contributed by atoms with Gasteiger partial charge in [-0.15, -0.1) is 0 Å². The van der Waals surface area contributed by atoms with Crippen LogP contribution >= 0.6 is 0 Å². The number of sulfonamides is 1. The Morgan fingerprint density at radius 3 is 2.14 bits per heavy atom. The van der Waals surface area contributed by atoms with E-state index in [4.69, 9.17) is 14.6 Å². The molecule has 0 atom stereocenters. The summed E-state index contributed by atoms with van der Waals surface area (Å²) in [6.07, 6.45) is 0.116. The van der Waals surface area contributed by atoms with E-state index in [1.807, 2.05) is 0 Å². The van der Waals surface area contributed by atoms with Crippen LogP contribution < -0.4 is 19.9 Å². The summed E-state index contributed by atoms with van der Waals surface area (Å²) in [6, 6.07) is 11.6. The fraction of sp³-hybridized carbons (Fsp3) is 0.300. The van der Waals surface area contributed by atoms with E-state index in [1.165, 1.54) is 14.2 Å². The molecule has 3 N–H and O–H groups in total. The Kier molecular flexibility index (Phi) is 7.74. The second kappa shape index (κ2) is 10.0. The van der Waals surface area contributed by atoms with Crippen molar-refractivity contribution in [3.8, 4) is 11.5 Å². The first-order chi connectivity index (χ1) is 13.7. The van der Waals surface area contributed by atoms with Crippen LogP contribution in [-0.2, 0) is 27.1 Å². The summed E-state index contributed by atoms with van der Waals surface area (Å²) >= 11 is 0. The van der Waals surface area contributed by atoms with E-state index in [-0.39, 0.29) is 36.8 Å². The SMILES string of the molecule is COc1ccc(C(=O)CCC(=O)NCc2ccc(CS(N)(=O)=O)cc2)cc1OC. The number of amides is 1. The number of ether oxygens (including phenoxy) is 2. The van der Waals surface area contributed by atoms with Crippen molar-refractivity contribution in [1.29, 1.82) is 0 Å². The molecular weight excluding hydrogens is 396 g/mol. The van der Waals surface area contributed by atoms with Crippen LogP contribution in [0, 0.1) is 0 Å². The number of methoxy groups -OCH3 is 2. The predicted octanol–water partition coefficient (Wildman–Crippen LogP) is 1.77. The molecule has 2 aromatic rings. The van der Waals surface area contributed by atoms with Gasteiger partial charge in [-0.2, -0.15) is 0 Å². The maximum Gasteiger partial charge on any atom is 0.220 e. The smallest absolute Gasteiger partial charge is 0.220 e. The van der Waals surface area contributed by atoms with Gasteiger partial charge in [-0.1, -0.05) is 24.3 Å². The summed E-state index contributed by atoms with van der Waals surface area (Å²) in [6.45, 7) is 0.277. The monoisotopic (exact) mass is 420 g/mol. The summed E-state index contributed by atoms with van der Waals surface area (Å²) in [7, 11) is -0.581. The first-order valence-corrected chi connectivity index (χ1v) is 10.5. The number of carbonyl (C=O) groups excluding carboxylic acids is 2. The van der Waals surface area contributed by atoms with E-state index < -0.39 is 10.0 Å². The molecule has 8 nitrogen and oxygen atoms in total. The molecule has 0 aliphatic carbocycles. The van der Waals surface area contributed by atoms with Crippen molar-refractivity contribution < 1.29 is 27.5 Å². The fourth-order valence-corrected chi connectivity index (χ4v) is 3.31. The van der Waals surface area contributed by atoms with Crippen LogP contribution in [0.5, 0.6) is 11.5 Å². The van der Waals surface area contributed by atoms with Gasteiger partial charge in [0.15, 0.2) is 17.3 Å². The quantitative estimate of drug-likeness (QED) is 0.565. The molecule has 2 rings (SSSR count). The van der Waals surface area contributed by atoms with Gasteiger partial charge in [-0.3, -0.25) is 9.59 Å². The number of hydrogen-bond acceptors (Lipinski definition) is 6. The number of nitrogens with one attached hydrogen (secondary N) is 1. The minimum atomic E-state index is -3.58. The molecule has 29 heavy (non-hydrogen) atoms. The maximum absolute atomic E-state index is 12.3. The average Bonchev–Trinajstić information content (AvgIpc) is 2.69. The Labute approximate surface area is 170 Å². The summed E-state index contributed by atoms with van der Waals surface area (Å²) in [5, 5.41) is 7.74. The van der Waals surface area contributed by atoms with Crippen LogP contribution in [-0.4, -0.2) is 34.3 Å². The number of nitrogens with two attached hydrogens (primary N) is 1. The number of benzene rings is 2. The van der Waals surface area contributed by atoms with Crippen molar-refractivity contribution in [2.75, 3.05) is 14.2 Å². The molecule has 0 fully saturated rings. The highest BCUT2D eigenvalue weighted by atomic mass is 32.2. The summed E-state index contributed by atoms with van der Waals surface area (Å²) in [5.41, 5.74) is 1.83. The molecule has 0 bridgehead atoms. The predicted molar refractivity (Wildman–Crippen MR) is 108 cm³/mol. The van der Waals surface area contributed by atoms with Gasteiger partial charge in [-0.05, 0) is 29.3 Å². The van der Waals surface area contributed by atoms with Crippen molar-refractivity contribution in [3.63, 3.8) is 0 Å². The van der Waals surface area contributed by atoms with Crippen LogP contribution in [0.3, 0.4) is 0 Å². The average molecular weight is 420 g/mol. The molecule has 156 valence electrons. The third-order valence-electron chi connectivity index (χ3n) is 4.17. The number of ketones is 1. The molecule has 0 heterocycles. The number of hydrogen-bond donors (Lipinski definition) is 2. The van der Waals surface area contributed by atoms with Crippen molar-refractivity contribution in [3.05, 3.63) is 59.2 Å².